The molecule has 0 fully saturated rings. The summed E-state index contributed by atoms with van der Waals surface area (Å²) in [6.45, 7) is 4.54. The van der Waals surface area contributed by atoms with E-state index in [9.17, 15) is 4.79 Å². The van der Waals surface area contributed by atoms with Crippen LogP contribution in [-0.2, 0) is 11.3 Å². The second-order valence-corrected chi connectivity index (χ2v) is 6.32. The van der Waals surface area contributed by atoms with E-state index in [1.807, 2.05) is 24.3 Å². The van der Waals surface area contributed by atoms with Crippen LogP contribution in [0, 0.1) is 0 Å². The first-order valence-corrected chi connectivity index (χ1v) is 8.76. The van der Waals surface area contributed by atoms with E-state index in [2.05, 4.69) is 19.2 Å². The van der Waals surface area contributed by atoms with Crippen LogP contribution in [0.4, 0.5) is 0 Å². The van der Waals surface area contributed by atoms with Gasteiger partial charge < -0.3 is 24.3 Å². The summed E-state index contributed by atoms with van der Waals surface area (Å²) < 4.78 is 21.5. The highest BCUT2D eigenvalue weighted by Crippen LogP contribution is 2.38. The van der Waals surface area contributed by atoms with Crippen LogP contribution < -0.4 is 24.3 Å². The van der Waals surface area contributed by atoms with Crippen LogP contribution in [0.5, 0.6) is 23.0 Å². The summed E-state index contributed by atoms with van der Waals surface area (Å²) in [6.07, 6.45) is 0. The number of ether oxygens (including phenoxy) is 4. The molecule has 146 valence electrons. The Morgan fingerprint density at radius 3 is 2.04 bits per heavy atom. The first-order valence-electron chi connectivity index (χ1n) is 8.76. The fourth-order valence-corrected chi connectivity index (χ4v) is 2.59. The van der Waals surface area contributed by atoms with Gasteiger partial charge in [-0.3, -0.25) is 4.79 Å². The Hall–Kier alpha value is -2.89. The van der Waals surface area contributed by atoms with E-state index in [0.29, 0.717) is 35.5 Å². The van der Waals surface area contributed by atoms with Gasteiger partial charge >= 0.3 is 0 Å². The molecule has 6 nitrogen and oxygen atoms in total. The molecule has 6 heteroatoms. The van der Waals surface area contributed by atoms with Crippen molar-refractivity contribution in [2.24, 2.45) is 0 Å². The molecule has 0 atom stereocenters. The highest BCUT2D eigenvalue weighted by atomic mass is 16.5. The Balaban J connectivity index is 1.91. The Labute approximate surface area is 160 Å². The zero-order valence-corrected chi connectivity index (χ0v) is 16.5. The van der Waals surface area contributed by atoms with E-state index in [4.69, 9.17) is 18.9 Å². The van der Waals surface area contributed by atoms with Crippen molar-refractivity contribution in [2.75, 3.05) is 27.9 Å². The molecule has 2 rings (SSSR count). The number of nitrogens with one attached hydrogen (secondary N) is 1. The van der Waals surface area contributed by atoms with Crippen molar-refractivity contribution in [3.63, 3.8) is 0 Å². The molecule has 27 heavy (non-hydrogen) atoms. The van der Waals surface area contributed by atoms with Crippen LogP contribution in [-0.4, -0.2) is 33.8 Å². The maximum Gasteiger partial charge on any atom is 0.258 e. The van der Waals surface area contributed by atoms with Gasteiger partial charge in [-0.1, -0.05) is 26.0 Å². The molecule has 2 aromatic carbocycles. The second-order valence-electron chi connectivity index (χ2n) is 6.32. The first kappa shape index (κ1) is 20.4. The lowest BCUT2D eigenvalue weighted by Gasteiger charge is -2.14. The summed E-state index contributed by atoms with van der Waals surface area (Å²) in [5.41, 5.74) is 2.06. The maximum absolute atomic E-state index is 12.1. The van der Waals surface area contributed by atoms with E-state index in [0.717, 1.165) is 5.56 Å². The molecule has 0 aromatic heterocycles. The second kappa shape index (κ2) is 9.71. The lowest BCUT2D eigenvalue weighted by atomic mass is 10.0. The van der Waals surface area contributed by atoms with E-state index in [1.54, 1.807) is 33.5 Å². The Kier molecular flexibility index (Phi) is 7.34. The normalized spacial score (nSPS) is 10.4. The summed E-state index contributed by atoms with van der Waals surface area (Å²) in [4.78, 5) is 12.1. The van der Waals surface area contributed by atoms with Crippen LogP contribution >= 0.6 is 0 Å². The van der Waals surface area contributed by atoms with Gasteiger partial charge in [0.2, 0.25) is 5.75 Å². The third kappa shape index (κ3) is 5.54. The summed E-state index contributed by atoms with van der Waals surface area (Å²) in [7, 11) is 4.66. The number of methoxy groups -OCH3 is 3. The van der Waals surface area contributed by atoms with Crippen molar-refractivity contribution in [2.45, 2.75) is 26.3 Å². The van der Waals surface area contributed by atoms with Crippen LogP contribution in [0.25, 0.3) is 0 Å². The fourth-order valence-electron chi connectivity index (χ4n) is 2.59. The molecule has 1 amide bonds. The average molecular weight is 373 g/mol. The molecule has 0 unspecified atom stereocenters. The van der Waals surface area contributed by atoms with Gasteiger partial charge in [0.05, 0.1) is 21.3 Å². The third-order valence-electron chi connectivity index (χ3n) is 4.13. The Morgan fingerprint density at radius 1 is 0.963 bits per heavy atom. The van der Waals surface area contributed by atoms with Crippen molar-refractivity contribution in [3.05, 3.63) is 47.5 Å². The highest BCUT2D eigenvalue weighted by molar-refractivity contribution is 5.77. The van der Waals surface area contributed by atoms with Crippen LogP contribution in [0.1, 0.15) is 30.9 Å². The standard InChI is InChI=1S/C21H27NO5/c1-14(2)16-6-8-17(9-7-16)27-13-20(23)22-12-15-10-18(24-3)21(26-5)19(11-15)25-4/h6-11,14H,12-13H2,1-5H3,(H,22,23). The van der Waals surface area contributed by atoms with Gasteiger partial charge in [0.1, 0.15) is 5.75 Å². The minimum atomic E-state index is -0.211. The molecule has 0 radical (unpaired) electrons. The third-order valence-corrected chi connectivity index (χ3v) is 4.13. The number of benzene rings is 2. The van der Waals surface area contributed by atoms with Gasteiger partial charge in [-0.05, 0) is 41.3 Å². The van der Waals surface area contributed by atoms with Crippen molar-refractivity contribution in [1.82, 2.24) is 5.32 Å². The minimum Gasteiger partial charge on any atom is -0.493 e. The summed E-state index contributed by atoms with van der Waals surface area (Å²) >= 11 is 0. The molecule has 0 bridgehead atoms. The first-order chi connectivity index (χ1) is 13.0. The zero-order valence-electron chi connectivity index (χ0n) is 16.5. The largest absolute Gasteiger partial charge is 0.493 e. The summed E-state index contributed by atoms with van der Waals surface area (Å²) in [5.74, 6) is 2.52. The molecule has 0 heterocycles. The molecule has 0 saturated carbocycles. The van der Waals surface area contributed by atoms with Gasteiger partial charge in [-0.25, -0.2) is 0 Å². The topological polar surface area (TPSA) is 66.0 Å². The van der Waals surface area contributed by atoms with Gasteiger partial charge in [0, 0.05) is 6.54 Å². The van der Waals surface area contributed by atoms with Crippen molar-refractivity contribution in [1.29, 1.82) is 0 Å². The van der Waals surface area contributed by atoms with Crippen LogP contribution in [0.2, 0.25) is 0 Å². The quantitative estimate of drug-likeness (QED) is 0.728. The number of rotatable bonds is 9. The molecule has 1 N–H and O–H groups in total. The van der Waals surface area contributed by atoms with E-state index >= 15 is 0 Å². The Morgan fingerprint density at radius 2 is 1.56 bits per heavy atom. The van der Waals surface area contributed by atoms with E-state index < -0.39 is 0 Å². The average Bonchev–Trinajstić information content (AvgIpc) is 2.69. The highest BCUT2D eigenvalue weighted by Gasteiger charge is 2.13. The zero-order chi connectivity index (χ0) is 19.8. The maximum atomic E-state index is 12.1. The Bertz CT molecular complexity index is 731. The molecular formula is C21H27NO5. The number of carbonyl (C=O) groups is 1. The molecule has 2 aromatic rings. The molecule has 0 aliphatic carbocycles. The van der Waals surface area contributed by atoms with Gasteiger partial charge in [-0.2, -0.15) is 0 Å². The number of hydrogen-bond acceptors (Lipinski definition) is 5. The van der Waals surface area contributed by atoms with Crippen molar-refractivity contribution < 1.29 is 23.7 Å². The SMILES string of the molecule is COc1cc(CNC(=O)COc2ccc(C(C)C)cc2)cc(OC)c1OC. The number of hydrogen-bond donors (Lipinski definition) is 1. The van der Waals surface area contributed by atoms with E-state index in [1.165, 1.54) is 5.56 Å². The van der Waals surface area contributed by atoms with Gasteiger partial charge in [-0.15, -0.1) is 0 Å². The predicted octanol–water partition coefficient (Wildman–Crippen LogP) is 3.53. The van der Waals surface area contributed by atoms with E-state index in [-0.39, 0.29) is 12.5 Å². The van der Waals surface area contributed by atoms with Crippen LogP contribution in [0.3, 0.4) is 0 Å². The van der Waals surface area contributed by atoms with Crippen molar-refractivity contribution in [3.8, 4) is 23.0 Å². The van der Waals surface area contributed by atoms with Gasteiger partial charge in [0.15, 0.2) is 18.1 Å². The molecule has 0 spiro atoms. The number of carbonyl (C=O) groups excluding carboxylic acids is 1. The lowest BCUT2D eigenvalue weighted by molar-refractivity contribution is -0.123. The molecule has 0 saturated heterocycles. The smallest absolute Gasteiger partial charge is 0.258 e. The van der Waals surface area contributed by atoms with Crippen LogP contribution in [0.15, 0.2) is 36.4 Å². The van der Waals surface area contributed by atoms with Gasteiger partial charge in [0.25, 0.3) is 5.91 Å². The monoisotopic (exact) mass is 373 g/mol. The molecular weight excluding hydrogens is 346 g/mol. The fraction of sp³-hybridized carbons (Fsp3) is 0.381. The summed E-state index contributed by atoms with van der Waals surface area (Å²) in [5, 5.41) is 2.82. The predicted molar refractivity (Wildman–Crippen MR) is 104 cm³/mol. The number of amides is 1. The lowest BCUT2D eigenvalue weighted by Crippen LogP contribution is -2.28. The van der Waals surface area contributed by atoms with Crippen molar-refractivity contribution >= 4 is 5.91 Å². The molecule has 0 aliphatic heterocycles. The minimum absolute atomic E-state index is 0.0501. The molecule has 0 aliphatic rings. The summed E-state index contributed by atoms with van der Waals surface area (Å²) in [6, 6.07) is 11.4.